The summed E-state index contributed by atoms with van der Waals surface area (Å²) >= 11 is 0. The number of ether oxygens (including phenoxy) is 1. The lowest BCUT2D eigenvalue weighted by molar-refractivity contribution is -0.138. The number of likely N-dealkylation sites (tertiary alicyclic amines) is 1. The number of nitrogens with zero attached hydrogens (tertiary/aromatic N) is 2. The van der Waals surface area contributed by atoms with Gasteiger partial charge in [-0.05, 0) is 25.3 Å². The topological polar surface area (TPSA) is 62.7 Å². The van der Waals surface area contributed by atoms with E-state index >= 15 is 0 Å². The lowest BCUT2D eigenvalue weighted by Gasteiger charge is -2.22. The van der Waals surface area contributed by atoms with E-state index in [0.717, 1.165) is 18.7 Å². The number of amides is 1. The first-order valence-corrected chi connectivity index (χ1v) is 8.01. The van der Waals surface area contributed by atoms with Crippen LogP contribution in [0, 0.1) is 5.92 Å². The number of aliphatic hydroxyl groups is 1. The summed E-state index contributed by atoms with van der Waals surface area (Å²) in [5.74, 6) is -0.289. The zero-order valence-corrected chi connectivity index (χ0v) is 13.0. The van der Waals surface area contributed by atoms with Crippen LogP contribution in [-0.4, -0.2) is 46.2 Å². The summed E-state index contributed by atoms with van der Waals surface area (Å²) in [5.41, 5.74) is -0.826. The minimum absolute atomic E-state index is 0.0634. The molecule has 1 aromatic heterocycles. The molecule has 24 heavy (non-hydrogen) atoms. The maximum absolute atomic E-state index is 12.5. The fraction of sp³-hybridized carbons (Fsp3) is 0.625. The molecule has 5 nitrogen and oxygen atoms in total. The lowest BCUT2D eigenvalue weighted by Crippen LogP contribution is -2.38. The molecule has 1 saturated heterocycles. The highest BCUT2D eigenvalue weighted by Gasteiger charge is 2.37. The largest absolute Gasteiger partial charge is 0.472 e. The summed E-state index contributed by atoms with van der Waals surface area (Å²) in [4.78, 5) is 17.7. The Morgan fingerprint density at radius 3 is 2.67 bits per heavy atom. The average Bonchev–Trinajstić information content (AvgIpc) is 3.15. The Labute approximate surface area is 137 Å². The molecule has 0 bridgehead atoms. The Kier molecular flexibility index (Phi) is 4.67. The molecule has 3 atom stereocenters. The van der Waals surface area contributed by atoms with Gasteiger partial charge in [-0.1, -0.05) is 0 Å². The number of halogens is 3. The highest BCUT2D eigenvalue weighted by atomic mass is 19.4. The van der Waals surface area contributed by atoms with Crippen molar-refractivity contribution in [1.29, 1.82) is 0 Å². The molecule has 132 valence electrons. The highest BCUT2D eigenvalue weighted by molar-refractivity contribution is 5.80. The van der Waals surface area contributed by atoms with Crippen LogP contribution in [0.1, 0.15) is 31.2 Å². The van der Waals surface area contributed by atoms with Gasteiger partial charge >= 0.3 is 6.18 Å². The molecule has 1 saturated carbocycles. The summed E-state index contributed by atoms with van der Waals surface area (Å²) in [5, 5.41) is 9.83. The Morgan fingerprint density at radius 2 is 2.08 bits per heavy atom. The third-order valence-corrected chi connectivity index (χ3v) is 4.60. The van der Waals surface area contributed by atoms with Crippen molar-refractivity contribution in [3.8, 4) is 5.88 Å². The van der Waals surface area contributed by atoms with E-state index in [1.54, 1.807) is 4.90 Å². The van der Waals surface area contributed by atoms with E-state index in [9.17, 15) is 23.1 Å². The fourth-order valence-electron chi connectivity index (χ4n) is 3.28. The van der Waals surface area contributed by atoms with E-state index in [-0.39, 0.29) is 23.8 Å². The Morgan fingerprint density at radius 1 is 1.29 bits per heavy atom. The van der Waals surface area contributed by atoms with Gasteiger partial charge in [-0.2, -0.15) is 13.2 Å². The summed E-state index contributed by atoms with van der Waals surface area (Å²) in [6.45, 7) is 0.887. The van der Waals surface area contributed by atoms with Crippen LogP contribution >= 0.6 is 0 Å². The molecule has 0 aromatic carbocycles. The van der Waals surface area contributed by atoms with E-state index in [0.29, 0.717) is 32.4 Å². The quantitative estimate of drug-likeness (QED) is 0.913. The molecule has 1 aromatic rings. The van der Waals surface area contributed by atoms with E-state index in [1.165, 1.54) is 6.07 Å². The molecule has 1 N–H and O–H groups in total. The number of alkyl halides is 3. The van der Waals surface area contributed by atoms with Crippen LogP contribution in [0.4, 0.5) is 13.2 Å². The first-order valence-electron chi connectivity index (χ1n) is 8.01. The molecule has 0 spiro atoms. The second kappa shape index (κ2) is 6.58. The predicted octanol–water partition coefficient (Wildman–Crippen LogP) is 2.24. The molecule has 3 unspecified atom stereocenters. The number of carbonyl (C=O) groups is 1. The number of hydrogen-bond donors (Lipinski definition) is 1. The van der Waals surface area contributed by atoms with Gasteiger partial charge < -0.3 is 14.7 Å². The molecular formula is C16H19F3N2O3. The standard InChI is InChI=1S/C16H19F3N2O3/c17-16(18,19)10-4-5-14(20-8-10)24-11-6-7-21(9-11)15(23)12-2-1-3-13(12)22/h4-5,8,11-13,22H,1-3,6-7,9H2. The van der Waals surface area contributed by atoms with Crippen LogP contribution in [0.15, 0.2) is 18.3 Å². The van der Waals surface area contributed by atoms with Crippen molar-refractivity contribution in [2.24, 2.45) is 5.92 Å². The van der Waals surface area contributed by atoms with Crippen molar-refractivity contribution in [3.05, 3.63) is 23.9 Å². The number of carbonyl (C=O) groups excluding carboxylic acids is 1. The molecule has 1 aliphatic carbocycles. The maximum Gasteiger partial charge on any atom is 0.417 e. The van der Waals surface area contributed by atoms with Crippen LogP contribution in [0.3, 0.4) is 0 Å². The van der Waals surface area contributed by atoms with Gasteiger partial charge in [0.15, 0.2) is 0 Å². The minimum atomic E-state index is -4.43. The second-order valence-corrected chi connectivity index (χ2v) is 6.30. The van der Waals surface area contributed by atoms with Crippen LogP contribution in [0.5, 0.6) is 5.88 Å². The molecule has 1 amide bonds. The predicted molar refractivity (Wildman–Crippen MR) is 78.2 cm³/mol. The molecule has 2 aliphatic rings. The molecule has 8 heteroatoms. The number of aliphatic hydroxyl groups excluding tert-OH is 1. The third-order valence-electron chi connectivity index (χ3n) is 4.60. The lowest BCUT2D eigenvalue weighted by atomic mass is 10.0. The first kappa shape index (κ1) is 17.0. The van der Waals surface area contributed by atoms with Crippen molar-refractivity contribution < 1.29 is 27.8 Å². The van der Waals surface area contributed by atoms with Gasteiger partial charge in [0.05, 0.1) is 24.1 Å². The summed E-state index contributed by atoms with van der Waals surface area (Å²) in [6.07, 6.45) is -1.77. The van der Waals surface area contributed by atoms with E-state index in [4.69, 9.17) is 4.74 Å². The SMILES string of the molecule is O=C(C1CCCC1O)N1CCC(Oc2ccc(C(F)(F)F)cn2)C1. The van der Waals surface area contributed by atoms with Crippen LogP contribution in [0.2, 0.25) is 0 Å². The first-order chi connectivity index (χ1) is 11.3. The van der Waals surface area contributed by atoms with Crippen molar-refractivity contribution in [1.82, 2.24) is 9.88 Å². The Hall–Kier alpha value is -1.83. The van der Waals surface area contributed by atoms with Crippen molar-refractivity contribution in [2.75, 3.05) is 13.1 Å². The molecule has 2 fully saturated rings. The fourth-order valence-corrected chi connectivity index (χ4v) is 3.28. The zero-order valence-electron chi connectivity index (χ0n) is 13.0. The van der Waals surface area contributed by atoms with Gasteiger partial charge in [0.2, 0.25) is 11.8 Å². The molecular weight excluding hydrogens is 325 g/mol. The molecule has 2 heterocycles. The highest BCUT2D eigenvalue weighted by Crippen LogP contribution is 2.31. The van der Waals surface area contributed by atoms with Gasteiger partial charge in [0.25, 0.3) is 0 Å². The van der Waals surface area contributed by atoms with Crippen molar-refractivity contribution in [3.63, 3.8) is 0 Å². The molecule has 3 rings (SSSR count). The maximum atomic E-state index is 12.5. The monoisotopic (exact) mass is 344 g/mol. The number of rotatable bonds is 3. The number of pyridine rings is 1. The van der Waals surface area contributed by atoms with Gasteiger partial charge in [0, 0.05) is 25.2 Å². The summed E-state index contributed by atoms with van der Waals surface area (Å²) in [7, 11) is 0. The van der Waals surface area contributed by atoms with E-state index in [1.807, 2.05) is 0 Å². The Bertz CT molecular complexity index is 591. The molecule has 0 radical (unpaired) electrons. The minimum Gasteiger partial charge on any atom is -0.472 e. The van der Waals surface area contributed by atoms with Crippen LogP contribution in [-0.2, 0) is 11.0 Å². The number of hydrogen-bond acceptors (Lipinski definition) is 4. The Balaban J connectivity index is 1.55. The van der Waals surface area contributed by atoms with Crippen molar-refractivity contribution >= 4 is 5.91 Å². The number of aromatic nitrogens is 1. The smallest absolute Gasteiger partial charge is 0.417 e. The van der Waals surface area contributed by atoms with Gasteiger partial charge in [-0.15, -0.1) is 0 Å². The van der Waals surface area contributed by atoms with Gasteiger partial charge in [0.1, 0.15) is 6.10 Å². The van der Waals surface area contributed by atoms with Crippen molar-refractivity contribution in [2.45, 2.75) is 44.1 Å². The van der Waals surface area contributed by atoms with E-state index in [2.05, 4.69) is 4.98 Å². The summed E-state index contributed by atoms with van der Waals surface area (Å²) < 4.78 is 43.1. The summed E-state index contributed by atoms with van der Waals surface area (Å²) in [6, 6.07) is 2.11. The zero-order chi connectivity index (χ0) is 17.3. The normalized spacial score (nSPS) is 27.5. The third kappa shape index (κ3) is 3.63. The van der Waals surface area contributed by atoms with Gasteiger partial charge in [-0.25, -0.2) is 4.98 Å². The van der Waals surface area contributed by atoms with Gasteiger partial charge in [-0.3, -0.25) is 4.79 Å². The van der Waals surface area contributed by atoms with Crippen LogP contribution < -0.4 is 4.74 Å². The molecule has 1 aliphatic heterocycles. The van der Waals surface area contributed by atoms with E-state index < -0.39 is 17.8 Å². The average molecular weight is 344 g/mol. The second-order valence-electron chi connectivity index (χ2n) is 6.30. The van der Waals surface area contributed by atoms with Crippen LogP contribution in [0.25, 0.3) is 0 Å².